The Bertz CT molecular complexity index is 1320. The second kappa shape index (κ2) is 9.64. The van der Waals surface area contributed by atoms with Crippen LogP contribution in [0.15, 0.2) is 29.1 Å². The molecule has 1 aromatic carbocycles. The Labute approximate surface area is 211 Å². The zero-order valence-electron chi connectivity index (χ0n) is 21.2. The highest BCUT2D eigenvalue weighted by Crippen LogP contribution is 2.35. The van der Waals surface area contributed by atoms with Crippen LogP contribution in [0.4, 0.5) is 5.82 Å². The molecule has 3 aromatic rings. The summed E-state index contributed by atoms with van der Waals surface area (Å²) >= 11 is 0. The van der Waals surface area contributed by atoms with Gasteiger partial charge < -0.3 is 19.1 Å². The average Bonchev–Trinajstić information content (AvgIpc) is 3.40. The van der Waals surface area contributed by atoms with Crippen molar-refractivity contribution < 1.29 is 14.2 Å². The summed E-state index contributed by atoms with van der Waals surface area (Å²) in [4.78, 5) is 20.2. The molecule has 0 atom stereocenters. The van der Waals surface area contributed by atoms with Crippen molar-refractivity contribution in [2.45, 2.75) is 64.9 Å². The molecule has 1 saturated heterocycles. The number of hydrogen-bond donors (Lipinski definition) is 0. The van der Waals surface area contributed by atoms with E-state index in [0.717, 1.165) is 72.2 Å². The van der Waals surface area contributed by atoms with Crippen molar-refractivity contribution in [3.63, 3.8) is 0 Å². The van der Waals surface area contributed by atoms with Gasteiger partial charge >= 0.3 is 0 Å². The van der Waals surface area contributed by atoms with Gasteiger partial charge in [0.05, 0.1) is 0 Å². The molecule has 1 aliphatic carbocycles. The van der Waals surface area contributed by atoms with Crippen molar-refractivity contribution in [3.8, 4) is 17.2 Å². The molecule has 2 aliphatic heterocycles. The number of fused-ring (bicyclic) bond motifs is 2. The Balaban J connectivity index is 1.17. The number of hydrogen-bond acceptors (Lipinski definition) is 7. The van der Waals surface area contributed by atoms with Crippen LogP contribution in [0.5, 0.6) is 17.2 Å². The third-order valence-corrected chi connectivity index (χ3v) is 7.91. The number of aromatic nitrogens is 3. The van der Waals surface area contributed by atoms with Gasteiger partial charge in [0.2, 0.25) is 0 Å². The molecule has 1 saturated carbocycles. The Hall–Kier alpha value is -3.29. The normalized spacial score (nSPS) is 18.7. The maximum Gasteiger partial charge on any atom is 0.274 e. The van der Waals surface area contributed by atoms with Crippen LogP contribution in [0, 0.1) is 19.8 Å². The van der Waals surface area contributed by atoms with Crippen LogP contribution in [0.2, 0.25) is 0 Å². The van der Waals surface area contributed by atoms with Gasteiger partial charge in [-0.15, -0.1) is 5.10 Å². The highest BCUT2D eigenvalue weighted by Gasteiger charge is 2.25. The first kappa shape index (κ1) is 23.1. The molecule has 0 N–H and O–H groups in total. The van der Waals surface area contributed by atoms with E-state index in [9.17, 15) is 4.79 Å². The molecular weight excluding hydrogens is 456 g/mol. The fraction of sp³-hybridized carbons (Fsp3) is 0.536. The number of rotatable bonds is 5. The lowest BCUT2D eigenvalue weighted by molar-refractivity contribution is 0.159. The second-order valence-electron chi connectivity index (χ2n) is 10.4. The molecule has 190 valence electrons. The molecule has 8 nitrogen and oxygen atoms in total. The number of anilines is 1. The SMILES string of the molecule is Cc1c(N2CCC(Oc3ccc4c(c3)OCCO4)CC2)nn2c(=O)cc(CC3CCCC3)nc2c1C. The minimum Gasteiger partial charge on any atom is -0.490 e. The van der Waals surface area contributed by atoms with Crippen LogP contribution in [-0.2, 0) is 6.42 Å². The van der Waals surface area contributed by atoms with E-state index >= 15 is 0 Å². The van der Waals surface area contributed by atoms with E-state index in [1.165, 1.54) is 30.2 Å². The minimum atomic E-state index is -0.0887. The molecule has 0 spiro atoms. The van der Waals surface area contributed by atoms with Crippen molar-refractivity contribution in [2.75, 3.05) is 31.2 Å². The number of piperidine rings is 1. The van der Waals surface area contributed by atoms with Crippen molar-refractivity contribution >= 4 is 11.5 Å². The summed E-state index contributed by atoms with van der Waals surface area (Å²) in [6.45, 7) is 6.92. The lowest BCUT2D eigenvalue weighted by Crippen LogP contribution is -2.39. The summed E-state index contributed by atoms with van der Waals surface area (Å²) in [7, 11) is 0. The lowest BCUT2D eigenvalue weighted by Gasteiger charge is -2.34. The summed E-state index contributed by atoms with van der Waals surface area (Å²) < 4.78 is 19.0. The largest absolute Gasteiger partial charge is 0.490 e. The van der Waals surface area contributed by atoms with E-state index in [-0.39, 0.29) is 11.7 Å². The van der Waals surface area contributed by atoms with Gasteiger partial charge in [0.15, 0.2) is 23.0 Å². The molecule has 4 heterocycles. The first-order chi connectivity index (χ1) is 17.5. The van der Waals surface area contributed by atoms with E-state index in [4.69, 9.17) is 24.3 Å². The van der Waals surface area contributed by atoms with Gasteiger partial charge in [-0.1, -0.05) is 25.7 Å². The molecule has 8 heteroatoms. The molecule has 3 aliphatic rings. The van der Waals surface area contributed by atoms with Gasteiger partial charge in [-0.3, -0.25) is 4.79 Å². The zero-order valence-corrected chi connectivity index (χ0v) is 21.2. The van der Waals surface area contributed by atoms with E-state index < -0.39 is 0 Å². The molecule has 36 heavy (non-hydrogen) atoms. The third-order valence-electron chi connectivity index (χ3n) is 7.91. The van der Waals surface area contributed by atoms with Crippen LogP contribution in [0.25, 0.3) is 5.65 Å². The van der Waals surface area contributed by atoms with Crippen LogP contribution in [-0.4, -0.2) is 47.0 Å². The second-order valence-corrected chi connectivity index (χ2v) is 10.4. The number of nitrogens with zero attached hydrogens (tertiary/aromatic N) is 4. The monoisotopic (exact) mass is 490 g/mol. The Morgan fingerprint density at radius 1 is 0.972 bits per heavy atom. The van der Waals surface area contributed by atoms with E-state index in [1.807, 2.05) is 18.2 Å². The Morgan fingerprint density at radius 2 is 1.72 bits per heavy atom. The molecule has 0 unspecified atom stereocenters. The quantitative estimate of drug-likeness (QED) is 0.529. The summed E-state index contributed by atoms with van der Waals surface area (Å²) in [6.07, 6.45) is 7.82. The molecule has 0 radical (unpaired) electrons. The summed E-state index contributed by atoms with van der Waals surface area (Å²) in [5.41, 5.74) is 3.62. The van der Waals surface area contributed by atoms with E-state index in [2.05, 4.69) is 18.7 Å². The van der Waals surface area contributed by atoms with Gasteiger partial charge in [0.25, 0.3) is 5.56 Å². The highest BCUT2D eigenvalue weighted by molar-refractivity contribution is 5.59. The molecule has 0 amide bonds. The fourth-order valence-electron chi connectivity index (χ4n) is 5.76. The zero-order chi connectivity index (χ0) is 24.6. The van der Waals surface area contributed by atoms with Gasteiger partial charge in [-0.05, 0) is 38.3 Å². The number of benzene rings is 1. The first-order valence-electron chi connectivity index (χ1n) is 13.3. The third kappa shape index (κ3) is 4.49. The van der Waals surface area contributed by atoms with Gasteiger partial charge in [-0.25, -0.2) is 4.98 Å². The van der Waals surface area contributed by atoms with E-state index in [1.54, 1.807) is 6.07 Å². The van der Waals surface area contributed by atoms with Gasteiger partial charge in [0.1, 0.15) is 25.1 Å². The van der Waals surface area contributed by atoms with Gasteiger partial charge in [-0.2, -0.15) is 4.52 Å². The summed E-state index contributed by atoms with van der Waals surface area (Å²) in [6, 6.07) is 7.46. The Kier molecular flexibility index (Phi) is 6.19. The van der Waals surface area contributed by atoms with Crippen LogP contribution in [0.3, 0.4) is 0 Å². The van der Waals surface area contributed by atoms with Crippen molar-refractivity contribution in [1.82, 2.24) is 14.6 Å². The van der Waals surface area contributed by atoms with Crippen LogP contribution >= 0.6 is 0 Å². The molecule has 2 aromatic heterocycles. The molecule has 6 rings (SSSR count). The van der Waals surface area contributed by atoms with Crippen molar-refractivity contribution in [1.29, 1.82) is 0 Å². The topological polar surface area (TPSA) is 78.2 Å². The molecule has 0 bridgehead atoms. The first-order valence-corrected chi connectivity index (χ1v) is 13.3. The van der Waals surface area contributed by atoms with Gasteiger partial charge in [0, 0.05) is 54.9 Å². The smallest absolute Gasteiger partial charge is 0.274 e. The minimum absolute atomic E-state index is 0.0887. The fourth-order valence-corrected chi connectivity index (χ4v) is 5.76. The van der Waals surface area contributed by atoms with Crippen molar-refractivity contribution in [2.24, 2.45) is 5.92 Å². The Morgan fingerprint density at radius 3 is 2.50 bits per heavy atom. The van der Waals surface area contributed by atoms with Crippen molar-refractivity contribution in [3.05, 3.63) is 51.4 Å². The standard InChI is InChI=1S/C28H34N4O4/c1-18-19(2)28(30-32-26(33)16-21(29-27(18)32)15-20-5-3-4-6-20)31-11-9-22(10-12-31)36-23-7-8-24-25(17-23)35-14-13-34-24/h7-8,16-17,20,22H,3-6,9-15H2,1-2H3. The molecule has 2 fully saturated rings. The van der Waals surface area contributed by atoms with Crippen LogP contribution in [0.1, 0.15) is 55.3 Å². The number of ether oxygens (including phenoxy) is 3. The average molecular weight is 491 g/mol. The maximum absolute atomic E-state index is 13.0. The predicted molar refractivity (Wildman–Crippen MR) is 138 cm³/mol. The highest BCUT2D eigenvalue weighted by atomic mass is 16.6. The number of aryl methyl sites for hydroxylation is 1. The maximum atomic E-state index is 13.0. The lowest BCUT2D eigenvalue weighted by atomic mass is 10.0. The summed E-state index contributed by atoms with van der Waals surface area (Å²) in [5, 5.41) is 4.79. The van der Waals surface area contributed by atoms with Crippen LogP contribution < -0.4 is 24.7 Å². The van der Waals surface area contributed by atoms with E-state index in [0.29, 0.717) is 24.8 Å². The summed E-state index contributed by atoms with van der Waals surface area (Å²) in [5.74, 6) is 3.84. The predicted octanol–water partition coefficient (Wildman–Crippen LogP) is 4.26. The molecular formula is C28H34N4O4.